The van der Waals surface area contributed by atoms with E-state index in [1.807, 2.05) is 13.0 Å². The summed E-state index contributed by atoms with van der Waals surface area (Å²) in [5.41, 5.74) is 4.60. The molecule has 0 spiro atoms. The van der Waals surface area contributed by atoms with E-state index in [4.69, 9.17) is 15.7 Å². The number of aryl methyl sites for hydroxylation is 1. The van der Waals surface area contributed by atoms with E-state index >= 15 is 0 Å². The molecule has 0 aliphatic rings. The van der Waals surface area contributed by atoms with Gasteiger partial charge in [-0.2, -0.15) is 0 Å². The minimum absolute atomic E-state index is 0.0906. The Morgan fingerprint density at radius 2 is 2.21 bits per heavy atom. The second-order valence-corrected chi connectivity index (χ2v) is 4.20. The third-order valence-corrected chi connectivity index (χ3v) is 2.78. The molecule has 4 N–H and O–H groups in total. The Balaban J connectivity index is 2.94. The summed E-state index contributed by atoms with van der Waals surface area (Å²) < 4.78 is 4.96. The zero-order chi connectivity index (χ0) is 14.3. The lowest BCUT2D eigenvalue weighted by Gasteiger charge is -2.22. The molecule has 106 valence electrons. The van der Waals surface area contributed by atoms with Gasteiger partial charge in [0, 0.05) is 20.2 Å². The molecular formula is C13H21N3O3. The number of rotatable bonds is 7. The van der Waals surface area contributed by atoms with Gasteiger partial charge >= 0.3 is 0 Å². The highest BCUT2D eigenvalue weighted by Gasteiger charge is 2.18. The van der Waals surface area contributed by atoms with Crippen molar-refractivity contribution >= 4 is 11.6 Å². The first-order chi connectivity index (χ1) is 9.13. The van der Waals surface area contributed by atoms with Gasteiger partial charge in [-0.15, -0.1) is 0 Å². The van der Waals surface area contributed by atoms with Crippen LogP contribution in [0.5, 0.6) is 0 Å². The fourth-order valence-corrected chi connectivity index (χ4v) is 1.77. The summed E-state index contributed by atoms with van der Waals surface area (Å²) >= 11 is 0. The number of anilines is 1. The quantitative estimate of drug-likeness (QED) is 0.490. The van der Waals surface area contributed by atoms with Crippen molar-refractivity contribution in [3.8, 4) is 0 Å². The van der Waals surface area contributed by atoms with Gasteiger partial charge in [-0.3, -0.25) is 10.6 Å². The van der Waals surface area contributed by atoms with Crippen LogP contribution >= 0.6 is 0 Å². The summed E-state index contributed by atoms with van der Waals surface area (Å²) in [7, 11) is 1.57. The molecule has 0 atom stereocenters. The molecule has 1 amide bonds. The van der Waals surface area contributed by atoms with E-state index in [0.717, 1.165) is 5.56 Å². The molecule has 6 nitrogen and oxygen atoms in total. The Bertz CT molecular complexity index is 424. The molecule has 0 saturated heterocycles. The first kappa shape index (κ1) is 15.4. The molecule has 0 aliphatic heterocycles. The molecule has 1 rings (SSSR count). The van der Waals surface area contributed by atoms with Gasteiger partial charge in [-0.05, 0) is 24.6 Å². The van der Waals surface area contributed by atoms with E-state index in [-0.39, 0.29) is 19.1 Å². The molecule has 0 aliphatic carbocycles. The number of hydrogen-bond acceptors (Lipinski definition) is 5. The molecule has 0 unspecified atom stereocenters. The van der Waals surface area contributed by atoms with E-state index < -0.39 is 0 Å². The minimum Gasteiger partial charge on any atom is -0.395 e. The fraction of sp³-hybridized carbons (Fsp3) is 0.462. The lowest BCUT2D eigenvalue weighted by molar-refractivity contribution is 0.0657. The lowest BCUT2D eigenvalue weighted by Crippen LogP contribution is -2.36. The van der Waals surface area contributed by atoms with Crippen LogP contribution in [0.4, 0.5) is 5.69 Å². The summed E-state index contributed by atoms with van der Waals surface area (Å²) in [4.78, 5) is 13.9. The van der Waals surface area contributed by atoms with Crippen LogP contribution in [0.15, 0.2) is 18.2 Å². The van der Waals surface area contributed by atoms with Crippen LogP contribution in [0.3, 0.4) is 0 Å². The number of nitrogens with zero attached hydrogens (tertiary/aromatic N) is 1. The van der Waals surface area contributed by atoms with Crippen molar-refractivity contribution in [1.82, 2.24) is 4.90 Å². The minimum atomic E-state index is -0.181. The number of benzene rings is 1. The monoisotopic (exact) mass is 267 g/mol. The van der Waals surface area contributed by atoms with Gasteiger partial charge in [-0.1, -0.05) is 6.07 Å². The molecule has 0 saturated carbocycles. The van der Waals surface area contributed by atoms with Gasteiger partial charge in [0.15, 0.2) is 0 Å². The number of nitrogen functional groups attached to an aromatic ring is 1. The predicted octanol–water partition coefficient (Wildman–Crippen LogP) is 0.362. The summed E-state index contributed by atoms with van der Waals surface area (Å²) in [5, 5.41) is 9.03. The van der Waals surface area contributed by atoms with E-state index in [1.165, 1.54) is 4.90 Å². The van der Waals surface area contributed by atoms with Crippen molar-refractivity contribution in [3.05, 3.63) is 29.3 Å². The average molecular weight is 267 g/mol. The number of nitrogens with two attached hydrogens (primary N) is 1. The van der Waals surface area contributed by atoms with E-state index in [0.29, 0.717) is 24.4 Å². The Morgan fingerprint density at radius 3 is 2.79 bits per heavy atom. The number of nitrogens with one attached hydrogen (secondary N) is 1. The molecule has 19 heavy (non-hydrogen) atoms. The van der Waals surface area contributed by atoms with Crippen LogP contribution in [0, 0.1) is 6.92 Å². The number of ether oxygens (including phenoxy) is 1. The Hall–Kier alpha value is -1.63. The molecule has 1 aromatic rings. The molecule has 0 bridgehead atoms. The molecule has 0 aromatic heterocycles. The Labute approximate surface area is 113 Å². The van der Waals surface area contributed by atoms with Gasteiger partial charge in [0.05, 0.1) is 24.5 Å². The second-order valence-electron chi connectivity index (χ2n) is 4.20. The molecule has 0 heterocycles. The van der Waals surface area contributed by atoms with E-state index in [2.05, 4.69) is 5.43 Å². The summed E-state index contributed by atoms with van der Waals surface area (Å²) in [6, 6.07) is 5.38. The standard InChI is InChI=1S/C13H21N3O3/c1-10-3-4-11(12(9-10)15-14)13(18)16(5-7-17)6-8-19-2/h3-4,9,15,17H,5-8,14H2,1-2H3. The zero-order valence-electron chi connectivity index (χ0n) is 11.3. The van der Waals surface area contributed by atoms with Crippen molar-refractivity contribution in [2.75, 3.05) is 38.8 Å². The SMILES string of the molecule is COCCN(CCO)C(=O)c1ccc(C)cc1NN. The maximum Gasteiger partial charge on any atom is 0.256 e. The molecular weight excluding hydrogens is 246 g/mol. The van der Waals surface area contributed by atoms with Gasteiger partial charge in [0.25, 0.3) is 5.91 Å². The highest BCUT2D eigenvalue weighted by atomic mass is 16.5. The van der Waals surface area contributed by atoms with Crippen molar-refractivity contribution < 1.29 is 14.6 Å². The molecule has 0 fully saturated rings. The van der Waals surface area contributed by atoms with Gasteiger partial charge in [-0.25, -0.2) is 0 Å². The first-order valence-corrected chi connectivity index (χ1v) is 6.10. The number of hydrazine groups is 1. The van der Waals surface area contributed by atoms with Crippen molar-refractivity contribution in [2.45, 2.75) is 6.92 Å². The third kappa shape index (κ3) is 4.20. The van der Waals surface area contributed by atoms with Gasteiger partial charge < -0.3 is 20.2 Å². The van der Waals surface area contributed by atoms with Gasteiger partial charge in [0.1, 0.15) is 0 Å². The molecule has 1 aromatic carbocycles. The van der Waals surface area contributed by atoms with E-state index in [9.17, 15) is 4.79 Å². The van der Waals surface area contributed by atoms with Crippen LogP contribution in [-0.4, -0.2) is 49.3 Å². The highest BCUT2D eigenvalue weighted by Crippen LogP contribution is 2.18. The van der Waals surface area contributed by atoms with Crippen LogP contribution < -0.4 is 11.3 Å². The van der Waals surface area contributed by atoms with Crippen LogP contribution in [-0.2, 0) is 4.74 Å². The first-order valence-electron chi connectivity index (χ1n) is 6.10. The normalized spacial score (nSPS) is 10.3. The Kier molecular flexibility index (Phi) is 6.27. The van der Waals surface area contributed by atoms with Crippen molar-refractivity contribution in [2.24, 2.45) is 5.84 Å². The number of carbonyl (C=O) groups excluding carboxylic acids is 1. The summed E-state index contributed by atoms with van der Waals surface area (Å²) in [5.74, 6) is 5.26. The van der Waals surface area contributed by atoms with Crippen molar-refractivity contribution in [1.29, 1.82) is 0 Å². The number of hydrogen-bond donors (Lipinski definition) is 3. The number of amides is 1. The molecule has 6 heteroatoms. The maximum atomic E-state index is 12.4. The number of carbonyl (C=O) groups is 1. The fourth-order valence-electron chi connectivity index (χ4n) is 1.77. The number of methoxy groups -OCH3 is 1. The van der Waals surface area contributed by atoms with Crippen LogP contribution in [0.25, 0.3) is 0 Å². The molecule has 0 radical (unpaired) electrons. The number of aliphatic hydroxyl groups is 1. The smallest absolute Gasteiger partial charge is 0.256 e. The predicted molar refractivity (Wildman–Crippen MR) is 73.9 cm³/mol. The largest absolute Gasteiger partial charge is 0.395 e. The van der Waals surface area contributed by atoms with Crippen LogP contribution in [0.2, 0.25) is 0 Å². The second kappa shape index (κ2) is 7.73. The topological polar surface area (TPSA) is 87.8 Å². The van der Waals surface area contributed by atoms with E-state index in [1.54, 1.807) is 19.2 Å². The summed E-state index contributed by atoms with van der Waals surface area (Å²) in [6.45, 7) is 2.94. The Morgan fingerprint density at radius 1 is 1.47 bits per heavy atom. The average Bonchev–Trinajstić information content (AvgIpc) is 2.42. The summed E-state index contributed by atoms with van der Waals surface area (Å²) in [6.07, 6.45) is 0. The van der Waals surface area contributed by atoms with Crippen LogP contribution in [0.1, 0.15) is 15.9 Å². The zero-order valence-corrected chi connectivity index (χ0v) is 11.3. The number of aliphatic hydroxyl groups excluding tert-OH is 1. The lowest BCUT2D eigenvalue weighted by atomic mass is 10.1. The van der Waals surface area contributed by atoms with Crippen molar-refractivity contribution in [3.63, 3.8) is 0 Å². The highest BCUT2D eigenvalue weighted by molar-refractivity contribution is 5.99. The van der Waals surface area contributed by atoms with Gasteiger partial charge in [0.2, 0.25) is 0 Å². The third-order valence-electron chi connectivity index (χ3n) is 2.78. The maximum absolute atomic E-state index is 12.4.